The number of benzene rings is 1. The predicted molar refractivity (Wildman–Crippen MR) is 129 cm³/mol. The Morgan fingerprint density at radius 3 is 2.58 bits per heavy atom. The number of nitrogens with two attached hydrogens (primary N) is 1. The van der Waals surface area contributed by atoms with Crippen LogP contribution in [0.3, 0.4) is 0 Å². The van der Waals surface area contributed by atoms with Crippen LogP contribution in [0.25, 0.3) is 0 Å². The molecular weight excluding hydrogens is 456 g/mol. The molecule has 4 rings (SSSR count). The summed E-state index contributed by atoms with van der Waals surface area (Å²) < 4.78 is 22.8. The highest BCUT2D eigenvalue weighted by molar-refractivity contribution is 7.89. The second kappa shape index (κ2) is 9.94. The van der Waals surface area contributed by atoms with Gasteiger partial charge in [-0.05, 0) is 49.8 Å². The van der Waals surface area contributed by atoms with Crippen molar-refractivity contribution in [2.45, 2.75) is 69.4 Å². The van der Waals surface area contributed by atoms with Crippen LogP contribution in [-0.4, -0.2) is 31.8 Å². The van der Waals surface area contributed by atoms with Gasteiger partial charge in [0, 0.05) is 29.6 Å². The fourth-order valence-corrected chi connectivity index (χ4v) is 6.72. The summed E-state index contributed by atoms with van der Waals surface area (Å²) in [5.74, 6) is 0.507. The third-order valence-electron chi connectivity index (χ3n) is 6.75. The molecule has 0 radical (unpaired) electrons. The number of fused-ring (bicyclic) bond motifs is 1. The van der Waals surface area contributed by atoms with Crippen molar-refractivity contribution < 1.29 is 13.2 Å². The monoisotopic (exact) mass is 486 g/mol. The maximum Gasteiger partial charge on any atom is 0.238 e. The highest BCUT2D eigenvalue weighted by Gasteiger charge is 2.31. The number of carbonyl (C=O) groups is 1. The summed E-state index contributed by atoms with van der Waals surface area (Å²) in [4.78, 5) is 16.4. The average Bonchev–Trinajstić information content (AvgIpc) is 3.09. The van der Waals surface area contributed by atoms with Crippen molar-refractivity contribution in [1.29, 1.82) is 5.26 Å². The molecule has 1 unspecified atom stereocenters. The summed E-state index contributed by atoms with van der Waals surface area (Å²) in [6, 6.07) is 8.69. The molecule has 176 valence electrons. The lowest BCUT2D eigenvalue weighted by molar-refractivity contribution is -0.115. The topological polar surface area (TPSA) is 116 Å². The fourth-order valence-electron chi connectivity index (χ4n) is 4.91. The summed E-state index contributed by atoms with van der Waals surface area (Å²) >= 11 is 1.51. The first-order chi connectivity index (χ1) is 15.7. The van der Waals surface area contributed by atoms with E-state index in [9.17, 15) is 18.5 Å². The molecule has 1 saturated carbocycles. The van der Waals surface area contributed by atoms with Crippen molar-refractivity contribution >= 4 is 32.3 Å². The van der Waals surface area contributed by atoms with Crippen molar-refractivity contribution in [3.63, 3.8) is 0 Å². The maximum atomic E-state index is 12.7. The van der Waals surface area contributed by atoms with E-state index < -0.39 is 10.0 Å². The zero-order chi connectivity index (χ0) is 23.6. The first-order valence-corrected chi connectivity index (χ1v) is 13.8. The number of hydrogen-bond acceptors (Lipinski definition) is 6. The smallest absolute Gasteiger partial charge is 0.238 e. The van der Waals surface area contributed by atoms with Gasteiger partial charge in [0.15, 0.2) is 0 Å². The van der Waals surface area contributed by atoms with Crippen molar-refractivity contribution in [2.75, 3.05) is 11.9 Å². The summed E-state index contributed by atoms with van der Waals surface area (Å²) in [5, 5.41) is 18.5. The molecule has 1 aromatic heterocycles. The van der Waals surface area contributed by atoms with Crippen molar-refractivity contribution in [3.8, 4) is 6.07 Å². The molecule has 0 saturated heterocycles. The van der Waals surface area contributed by atoms with E-state index >= 15 is 0 Å². The van der Waals surface area contributed by atoms with Crippen LogP contribution in [0.2, 0.25) is 0 Å². The first-order valence-electron chi connectivity index (χ1n) is 11.4. The number of nitrogens with one attached hydrogen (secondary N) is 1. The minimum Gasteiger partial charge on any atom is -0.316 e. The number of anilines is 1. The molecule has 0 bridgehead atoms. The first kappa shape index (κ1) is 23.9. The van der Waals surface area contributed by atoms with Gasteiger partial charge >= 0.3 is 0 Å². The van der Waals surface area contributed by atoms with Gasteiger partial charge in [-0.1, -0.05) is 31.4 Å². The molecule has 9 heteroatoms. The molecule has 1 fully saturated rings. The molecule has 2 aliphatic rings. The van der Waals surface area contributed by atoms with Crippen LogP contribution >= 0.6 is 11.3 Å². The Kier molecular flexibility index (Phi) is 7.19. The molecule has 1 atom stereocenters. The predicted octanol–water partition coefficient (Wildman–Crippen LogP) is 3.78. The highest BCUT2D eigenvalue weighted by Crippen LogP contribution is 2.39. The Morgan fingerprint density at radius 1 is 1.24 bits per heavy atom. The minimum atomic E-state index is -3.77. The Balaban J connectivity index is 1.45. The molecule has 2 heterocycles. The number of rotatable bonds is 6. The number of nitrogens with zero attached hydrogens (tertiary/aromatic N) is 2. The van der Waals surface area contributed by atoms with Crippen LogP contribution in [0.5, 0.6) is 0 Å². The van der Waals surface area contributed by atoms with Gasteiger partial charge in [-0.15, -0.1) is 11.3 Å². The molecule has 1 aliphatic carbocycles. The fraction of sp³-hybridized carbons (Fsp3) is 0.500. The zero-order valence-electron chi connectivity index (χ0n) is 18.8. The van der Waals surface area contributed by atoms with Crippen LogP contribution in [0.1, 0.15) is 60.6 Å². The number of amides is 1. The van der Waals surface area contributed by atoms with Gasteiger partial charge in [-0.2, -0.15) is 5.26 Å². The van der Waals surface area contributed by atoms with Gasteiger partial charge in [-0.25, -0.2) is 13.6 Å². The normalized spacial score (nSPS) is 19.6. The summed E-state index contributed by atoms with van der Waals surface area (Å²) in [6.07, 6.45) is 7.56. The third-order valence-corrected chi connectivity index (χ3v) is 8.85. The van der Waals surface area contributed by atoms with Gasteiger partial charge in [-0.3, -0.25) is 9.69 Å². The average molecular weight is 487 g/mol. The number of hydrogen-bond donors (Lipinski definition) is 2. The molecule has 0 spiro atoms. The Morgan fingerprint density at radius 2 is 1.94 bits per heavy atom. The van der Waals surface area contributed by atoms with E-state index in [1.807, 2.05) is 0 Å². The lowest BCUT2D eigenvalue weighted by atomic mass is 9.87. The van der Waals surface area contributed by atoms with E-state index in [1.165, 1.54) is 60.5 Å². The standard InChI is InChI=1S/C24H30N4O3S2/c1-16-11-22-21(15-28(16)14-18-5-3-2-4-6-18)20(13-25)24(32-22)27-23(29)12-17-7-9-19(10-8-17)33(26,30)31/h7-10,16,18H,2-6,11-12,14-15H2,1H3,(H,27,29)(H2,26,30,31). The van der Waals surface area contributed by atoms with Crippen LogP contribution in [0, 0.1) is 17.2 Å². The van der Waals surface area contributed by atoms with E-state index in [4.69, 9.17) is 5.14 Å². The summed E-state index contributed by atoms with van der Waals surface area (Å²) in [7, 11) is -3.77. The number of thiophene rings is 1. The van der Waals surface area contributed by atoms with Gasteiger partial charge in [0.05, 0.1) is 16.9 Å². The third kappa shape index (κ3) is 5.64. The largest absolute Gasteiger partial charge is 0.316 e. The quantitative estimate of drug-likeness (QED) is 0.645. The van der Waals surface area contributed by atoms with E-state index in [0.717, 1.165) is 31.0 Å². The number of sulfonamides is 1. The van der Waals surface area contributed by atoms with Crippen molar-refractivity contribution in [1.82, 2.24) is 4.90 Å². The lowest BCUT2D eigenvalue weighted by Crippen LogP contribution is -2.41. The molecule has 33 heavy (non-hydrogen) atoms. The molecule has 1 amide bonds. The van der Waals surface area contributed by atoms with Crippen LogP contribution in [0.4, 0.5) is 5.00 Å². The second-order valence-electron chi connectivity index (χ2n) is 9.22. The van der Waals surface area contributed by atoms with E-state index in [0.29, 0.717) is 22.2 Å². The summed E-state index contributed by atoms with van der Waals surface area (Å²) in [5.41, 5.74) is 2.31. The van der Waals surface area contributed by atoms with Crippen LogP contribution in [0.15, 0.2) is 29.2 Å². The Hall–Kier alpha value is -2.25. The molecule has 1 aliphatic heterocycles. The van der Waals surface area contributed by atoms with E-state index in [-0.39, 0.29) is 17.2 Å². The number of carbonyl (C=O) groups excluding carboxylic acids is 1. The Labute approximate surface area is 199 Å². The van der Waals surface area contributed by atoms with Gasteiger partial charge in [0.1, 0.15) is 11.1 Å². The lowest BCUT2D eigenvalue weighted by Gasteiger charge is -2.37. The minimum absolute atomic E-state index is 0.0104. The molecule has 1 aromatic carbocycles. The molecule has 7 nitrogen and oxygen atoms in total. The Bertz CT molecular complexity index is 1160. The molecule has 2 aromatic rings. The number of primary sulfonamides is 1. The SMILES string of the molecule is CC1Cc2sc(NC(=O)Cc3ccc(S(N)(=O)=O)cc3)c(C#N)c2CN1CC1CCCCC1. The van der Waals surface area contributed by atoms with Crippen molar-refractivity contribution in [2.24, 2.45) is 11.1 Å². The second-order valence-corrected chi connectivity index (χ2v) is 11.9. The maximum absolute atomic E-state index is 12.7. The van der Waals surface area contributed by atoms with Gasteiger partial charge in [0.2, 0.25) is 15.9 Å². The molecule has 3 N–H and O–H groups in total. The van der Waals surface area contributed by atoms with Crippen molar-refractivity contribution in [3.05, 3.63) is 45.8 Å². The van der Waals surface area contributed by atoms with Gasteiger partial charge in [0.25, 0.3) is 0 Å². The van der Waals surface area contributed by atoms with E-state index in [1.54, 1.807) is 12.1 Å². The summed E-state index contributed by atoms with van der Waals surface area (Å²) in [6.45, 7) is 4.09. The van der Waals surface area contributed by atoms with E-state index in [2.05, 4.69) is 23.2 Å². The van der Waals surface area contributed by atoms with Crippen LogP contribution in [-0.2, 0) is 34.2 Å². The van der Waals surface area contributed by atoms with Gasteiger partial charge < -0.3 is 5.32 Å². The highest BCUT2D eigenvalue weighted by atomic mass is 32.2. The van der Waals surface area contributed by atoms with Crippen LogP contribution < -0.4 is 10.5 Å². The number of nitriles is 1. The molecular formula is C24H30N4O3S2. The zero-order valence-corrected chi connectivity index (χ0v) is 20.5.